The molecular weight excluding hydrogens is 324 g/mol. The molecule has 0 aliphatic rings. The van der Waals surface area contributed by atoms with Crippen molar-refractivity contribution in [2.45, 2.75) is 11.6 Å². The molecule has 110 valence electrons. The van der Waals surface area contributed by atoms with Gasteiger partial charge < -0.3 is 5.11 Å². The zero-order valence-corrected chi connectivity index (χ0v) is 13.9. The minimum Gasteiger partial charge on any atom is -0.396 e. The van der Waals surface area contributed by atoms with Gasteiger partial charge in [0.2, 0.25) is 0 Å². The zero-order chi connectivity index (χ0) is 14.8. The normalized spacial score (nSPS) is 11.3. The van der Waals surface area contributed by atoms with Crippen LogP contribution >= 0.6 is 34.4 Å². The van der Waals surface area contributed by atoms with E-state index in [9.17, 15) is 4.79 Å². The van der Waals surface area contributed by atoms with Gasteiger partial charge in [-0.15, -0.1) is 22.7 Å². The van der Waals surface area contributed by atoms with Crippen LogP contribution in [0.15, 0.2) is 32.8 Å². The van der Waals surface area contributed by atoms with Gasteiger partial charge in [-0.25, -0.2) is 4.98 Å². The van der Waals surface area contributed by atoms with Crippen molar-refractivity contribution in [3.05, 3.63) is 33.2 Å². The average Bonchev–Trinajstić information content (AvgIpc) is 3.12. The van der Waals surface area contributed by atoms with Gasteiger partial charge in [0.25, 0.3) is 5.56 Å². The number of aliphatic hydroxyl groups excluding tert-OH is 1. The Morgan fingerprint density at radius 3 is 3.00 bits per heavy atom. The first-order valence-corrected chi connectivity index (χ1v) is 9.22. The molecule has 3 heterocycles. The number of nitrogens with zero attached hydrogens (tertiary/aromatic N) is 2. The fourth-order valence-corrected chi connectivity index (χ4v) is 4.72. The van der Waals surface area contributed by atoms with Crippen LogP contribution in [0.4, 0.5) is 0 Å². The Labute approximate surface area is 134 Å². The van der Waals surface area contributed by atoms with Crippen molar-refractivity contribution in [3.8, 4) is 10.4 Å². The topological polar surface area (TPSA) is 55.1 Å². The average molecular weight is 338 g/mol. The minimum absolute atomic E-state index is 0.00357. The number of rotatable bonds is 5. The molecular formula is C14H14N2O2S3. The highest BCUT2D eigenvalue weighted by atomic mass is 32.2. The Balaban J connectivity index is 2.09. The van der Waals surface area contributed by atoms with Gasteiger partial charge in [0.15, 0.2) is 5.16 Å². The molecule has 0 unspecified atom stereocenters. The smallest absolute Gasteiger partial charge is 0.263 e. The summed E-state index contributed by atoms with van der Waals surface area (Å²) in [6, 6.07) is 4.01. The number of aliphatic hydroxyl groups is 1. The van der Waals surface area contributed by atoms with Gasteiger partial charge in [0, 0.05) is 35.2 Å². The molecule has 3 rings (SSSR count). The van der Waals surface area contributed by atoms with Crippen LogP contribution in [0.2, 0.25) is 0 Å². The Morgan fingerprint density at radius 2 is 2.29 bits per heavy atom. The summed E-state index contributed by atoms with van der Waals surface area (Å²) >= 11 is 4.65. The molecule has 3 aromatic rings. The summed E-state index contributed by atoms with van der Waals surface area (Å²) in [4.78, 5) is 19.1. The molecule has 7 heteroatoms. The number of hydrogen-bond donors (Lipinski definition) is 1. The fourth-order valence-electron chi connectivity index (χ4n) is 2.02. The van der Waals surface area contributed by atoms with Crippen LogP contribution in [-0.4, -0.2) is 27.0 Å². The molecule has 21 heavy (non-hydrogen) atoms. The van der Waals surface area contributed by atoms with Crippen molar-refractivity contribution in [1.29, 1.82) is 0 Å². The van der Waals surface area contributed by atoms with E-state index in [4.69, 9.17) is 5.11 Å². The summed E-state index contributed by atoms with van der Waals surface area (Å²) < 4.78 is 1.61. The van der Waals surface area contributed by atoms with E-state index in [2.05, 4.69) is 4.98 Å². The first-order chi connectivity index (χ1) is 10.2. The quantitative estimate of drug-likeness (QED) is 0.441. The molecule has 0 radical (unpaired) electrons. The van der Waals surface area contributed by atoms with E-state index < -0.39 is 0 Å². The second-order valence-electron chi connectivity index (χ2n) is 4.49. The van der Waals surface area contributed by atoms with Gasteiger partial charge in [0.1, 0.15) is 4.83 Å². The Bertz CT molecular complexity index is 806. The second-order valence-corrected chi connectivity index (χ2v) is 7.36. The summed E-state index contributed by atoms with van der Waals surface area (Å²) in [6.07, 6.45) is 0.698. The van der Waals surface area contributed by atoms with Crippen molar-refractivity contribution >= 4 is 44.7 Å². The first kappa shape index (κ1) is 14.8. The molecule has 4 nitrogen and oxygen atoms in total. The third-order valence-electron chi connectivity index (χ3n) is 3.09. The summed E-state index contributed by atoms with van der Waals surface area (Å²) in [5.74, 6) is 0.755. The van der Waals surface area contributed by atoms with E-state index in [1.165, 1.54) is 23.1 Å². The Morgan fingerprint density at radius 1 is 1.43 bits per heavy atom. The predicted molar refractivity (Wildman–Crippen MR) is 90.6 cm³/mol. The van der Waals surface area contributed by atoms with E-state index in [-0.39, 0.29) is 12.2 Å². The van der Waals surface area contributed by atoms with Crippen molar-refractivity contribution in [2.75, 3.05) is 12.4 Å². The number of thioether (sulfide) groups is 1. The minimum atomic E-state index is -0.00357. The van der Waals surface area contributed by atoms with Gasteiger partial charge in [-0.3, -0.25) is 9.36 Å². The number of hydrogen-bond acceptors (Lipinski definition) is 6. The van der Waals surface area contributed by atoms with Gasteiger partial charge in [-0.2, -0.15) is 0 Å². The van der Waals surface area contributed by atoms with E-state index in [1.54, 1.807) is 23.0 Å². The van der Waals surface area contributed by atoms with Crippen LogP contribution in [0.25, 0.3) is 20.7 Å². The van der Waals surface area contributed by atoms with Gasteiger partial charge in [-0.05, 0) is 17.9 Å². The van der Waals surface area contributed by atoms with Crippen molar-refractivity contribution in [2.24, 2.45) is 7.05 Å². The maximum Gasteiger partial charge on any atom is 0.263 e. The first-order valence-electron chi connectivity index (χ1n) is 6.48. The van der Waals surface area contributed by atoms with Gasteiger partial charge >= 0.3 is 0 Å². The molecule has 0 fully saturated rings. The van der Waals surface area contributed by atoms with Crippen LogP contribution in [0.5, 0.6) is 0 Å². The number of aromatic nitrogens is 2. The SMILES string of the molecule is Cn1c(SCCCO)nc2scc(-c3cccs3)c2c1=O. The lowest BCUT2D eigenvalue weighted by atomic mass is 10.2. The predicted octanol–water partition coefficient (Wildman–Crippen LogP) is 3.20. The molecule has 0 atom stereocenters. The Hall–Kier alpha value is -1.15. The van der Waals surface area contributed by atoms with E-state index in [0.717, 1.165) is 21.0 Å². The number of thiophene rings is 2. The standard InChI is InChI=1S/C14H14N2O2S3/c1-16-13(18)11-9(10-4-2-6-19-10)8-21-12(11)15-14(16)20-7-3-5-17/h2,4,6,8,17H,3,5,7H2,1H3. The van der Waals surface area contributed by atoms with E-state index in [1.807, 2.05) is 22.9 Å². The third-order valence-corrected chi connectivity index (χ3v) is 5.99. The molecule has 0 amide bonds. The molecule has 0 aliphatic carbocycles. The lowest BCUT2D eigenvalue weighted by molar-refractivity contribution is 0.296. The zero-order valence-electron chi connectivity index (χ0n) is 11.4. The summed E-state index contributed by atoms with van der Waals surface area (Å²) in [7, 11) is 1.76. The highest BCUT2D eigenvalue weighted by molar-refractivity contribution is 7.99. The Kier molecular flexibility index (Phi) is 4.44. The van der Waals surface area contributed by atoms with Crippen molar-refractivity contribution < 1.29 is 5.11 Å². The highest BCUT2D eigenvalue weighted by Gasteiger charge is 2.15. The maximum absolute atomic E-state index is 12.6. The van der Waals surface area contributed by atoms with E-state index >= 15 is 0 Å². The molecule has 0 bridgehead atoms. The maximum atomic E-state index is 12.6. The molecule has 3 aromatic heterocycles. The van der Waals surface area contributed by atoms with Crippen LogP contribution in [0.1, 0.15) is 6.42 Å². The molecule has 0 saturated heterocycles. The lowest BCUT2D eigenvalue weighted by Gasteiger charge is -2.07. The third kappa shape index (κ3) is 2.78. The summed E-state index contributed by atoms with van der Waals surface area (Å²) in [6.45, 7) is 0.157. The summed E-state index contributed by atoms with van der Waals surface area (Å²) in [5, 5.41) is 14.3. The van der Waals surface area contributed by atoms with Gasteiger partial charge in [0.05, 0.1) is 5.39 Å². The second kappa shape index (κ2) is 6.31. The lowest BCUT2D eigenvalue weighted by Crippen LogP contribution is -2.19. The monoisotopic (exact) mass is 338 g/mol. The molecule has 0 spiro atoms. The molecule has 0 aliphatic heterocycles. The molecule has 0 saturated carbocycles. The van der Waals surface area contributed by atoms with Crippen LogP contribution in [-0.2, 0) is 7.05 Å². The molecule has 1 N–H and O–H groups in total. The van der Waals surface area contributed by atoms with Crippen LogP contribution in [0, 0.1) is 0 Å². The van der Waals surface area contributed by atoms with Crippen molar-refractivity contribution in [3.63, 3.8) is 0 Å². The van der Waals surface area contributed by atoms with E-state index in [0.29, 0.717) is 17.0 Å². The fraction of sp³-hybridized carbons (Fsp3) is 0.286. The largest absolute Gasteiger partial charge is 0.396 e. The van der Waals surface area contributed by atoms with Crippen molar-refractivity contribution in [1.82, 2.24) is 9.55 Å². The number of fused-ring (bicyclic) bond motifs is 1. The van der Waals surface area contributed by atoms with Gasteiger partial charge in [-0.1, -0.05) is 17.8 Å². The highest BCUT2D eigenvalue weighted by Crippen LogP contribution is 2.34. The van der Waals surface area contributed by atoms with Crippen LogP contribution in [0.3, 0.4) is 0 Å². The molecule has 0 aromatic carbocycles. The summed E-state index contributed by atoms with van der Waals surface area (Å²) in [5.41, 5.74) is 0.973. The van der Waals surface area contributed by atoms with Crippen LogP contribution < -0.4 is 5.56 Å².